The molecule has 0 saturated heterocycles. The van der Waals surface area contributed by atoms with Crippen molar-refractivity contribution >= 4 is 0 Å². The van der Waals surface area contributed by atoms with Crippen LogP contribution in [0.1, 0.15) is 47.0 Å². The van der Waals surface area contributed by atoms with Gasteiger partial charge in [0.05, 0.1) is 5.76 Å². The predicted molar refractivity (Wildman–Crippen MR) is 51.9 cm³/mol. The van der Waals surface area contributed by atoms with E-state index >= 15 is 0 Å². The topological polar surface area (TPSA) is 9.23 Å². The van der Waals surface area contributed by atoms with Gasteiger partial charge in [0.15, 0.2) is 0 Å². The summed E-state index contributed by atoms with van der Waals surface area (Å²) in [5.41, 5.74) is 1.45. The number of allylic oxidation sites excluding steroid dienone is 2. The Morgan fingerprint density at radius 1 is 1.42 bits per heavy atom. The SMILES string of the molecule is CCC1=C(C)C[C@H](C)[C@H](CC)O1. The fourth-order valence-electron chi connectivity index (χ4n) is 2.00. The van der Waals surface area contributed by atoms with Gasteiger partial charge in [-0.25, -0.2) is 0 Å². The first-order chi connectivity index (χ1) is 5.69. The molecule has 0 unspecified atom stereocenters. The molecule has 1 rings (SSSR count). The van der Waals surface area contributed by atoms with Crippen molar-refractivity contribution in [3.63, 3.8) is 0 Å². The van der Waals surface area contributed by atoms with Crippen molar-refractivity contribution in [2.24, 2.45) is 5.92 Å². The number of rotatable bonds is 2. The second kappa shape index (κ2) is 3.97. The molecular weight excluding hydrogens is 148 g/mol. The Morgan fingerprint density at radius 2 is 2.08 bits per heavy atom. The Balaban J connectivity index is 2.70. The van der Waals surface area contributed by atoms with E-state index in [4.69, 9.17) is 4.74 Å². The summed E-state index contributed by atoms with van der Waals surface area (Å²) in [6.45, 7) is 8.85. The Bertz CT molecular complexity index is 181. The average Bonchev–Trinajstić information content (AvgIpc) is 2.05. The van der Waals surface area contributed by atoms with Gasteiger partial charge >= 0.3 is 0 Å². The first kappa shape index (κ1) is 9.63. The van der Waals surface area contributed by atoms with E-state index in [1.54, 1.807) is 0 Å². The van der Waals surface area contributed by atoms with Crippen LogP contribution in [0, 0.1) is 5.92 Å². The molecule has 70 valence electrons. The molecule has 0 saturated carbocycles. The molecule has 0 bridgehead atoms. The molecule has 0 fully saturated rings. The highest BCUT2D eigenvalue weighted by Crippen LogP contribution is 2.30. The minimum absolute atomic E-state index is 0.462. The highest BCUT2D eigenvalue weighted by atomic mass is 16.5. The Hall–Kier alpha value is -0.460. The highest BCUT2D eigenvalue weighted by molar-refractivity contribution is 5.10. The Morgan fingerprint density at radius 3 is 2.58 bits per heavy atom. The van der Waals surface area contributed by atoms with E-state index in [-0.39, 0.29) is 0 Å². The molecule has 0 spiro atoms. The zero-order valence-corrected chi connectivity index (χ0v) is 8.68. The third kappa shape index (κ3) is 1.82. The van der Waals surface area contributed by atoms with E-state index in [2.05, 4.69) is 27.7 Å². The molecule has 1 nitrogen and oxygen atoms in total. The van der Waals surface area contributed by atoms with Gasteiger partial charge in [0, 0.05) is 6.42 Å². The third-order valence-electron chi connectivity index (χ3n) is 2.76. The lowest BCUT2D eigenvalue weighted by Crippen LogP contribution is -2.25. The summed E-state index contributed by atoms with van der Waals surface area (Å²) in [6.07, 6.45) is 3.87. The van der Waals surface area contributed by atoms with Crippen LogP contribution >= 0.6 is 0 Å². The van der Waals surface area contributed by atoms with Gasteiger partial charge in [0.2, 0.25) is 0 Å². The van der Waals surface area contributed by atoms with E-state index in [1.807, 2.05) is 0 Å². The molecule has 0 aromatic carbocycles. The number of hydrogen-bond donors (Lipinski definition) is 0. The first-order valence-electron chi connectivity index (χ1n) is 5.04. The zero-order valence-electron chi connectivity index (χ0n) is 8.68. The third-order valence-corrected chi connectivity index (χ3v) is 2.76. The van der Waals surface area contributed by atoms with Crippen LogP contribution in [0.3, 0.4) is 0 Å². The van der Waals surface area contributed by atoms with Crippen LogP contribution in [-0.4, -0.2) is 6.10 Å². The zero-order chi connectivity index (χ0) is 9.14. The van der Waals surface area contributed by atoms with E-state index in [1.165, 1.54) is 17.8 Å². The van der Waals surface area contributed by atoms with Crippen molar-refractivity contribution in [2.45, 2.75) is 53.1 Å². The van der Waals surface area contributed by atoms with E-state index < -0.39 is 0 Å². The van der Waals surface area contributed by atoms with Crippen LogP contribution in [0.4, 0.5) is 0 Å². The number of hydrogen-bond acceptors (Lipinski definition) is 1. The normalized spacial score (nSPS) is 30.3. The average molecular weight is 168 g/mol. The summed E-state index contributed by atoms with van der Waals surface area (Å²) in [4.78, 5) is 0. The fraction of sp³-hybridized carbons (Fsp3) is 0.818. The van der Waals surface area contributed by atoms with Crippen molar-refractivity contribution in [1.29, 1.82) is 0 Å². The van der Waals surface area contributed by atoms with E-state index in [0.717, 1.165) is 12.8 Å². The molecule has 12 heavy (non-hydrogen) atoms. The lowest BCUT2D eigenvalue weighted by molar-refractivity contribution is 0.0439. The van der Waals surface area contributed by atoms with Crippen LogP contribution in [0.25, 0.3) is 0 Å². The highest BCUT2D eigenvalue weighted by Gasteiger charge is 2.24. The fourth-order valence-corrected chi connectivity index (χ4v) is 2.00. The quantitative estimate of drug-likeness (QED) is 0.613. The largest absolute Gasteiger partial charge is 0.495 e. The minimum Gasteiger partial charge on any atom is -0.495 e. The van der Waals surface area contributed by atoms with Crippen molar-refractivity contribution in [3.8, 4) is 0 Å². The predicted octanol–water partition coefficient (Wildman–Crippen LogP) is 3.51. The smallest absolute Gasteiger partial charge is 0.101 e. The molecule has 0 N–H and O–H groups in total. The number of ether oxygens (including phenoxy) is 1. The monoisotopic (exact) mass is 168 g/mol. The van der Waals surface area contributed by atoms with E-state index in [9.17, 15) is 0 Å². The van der Waals surface area contributed by atoms with Crippen LogP contribution in [0.15, 0.2) is 11.3 Å². The van der Waals surface area contributed by atoms with Crippen molar-refractivity contribution in [3.05, 3.63) is 11.3 Å². The molecule has 1 heteroatoms. The summed E-state index contributed by atoms with van der Waals surface area (Å²) in [5, 5.41) is 0. The molecule has 0 amide bonds. The van der Waals surface area contributed by atoms with Gasteiger partial charge in [-0.2, -0.15) is 0 Å². The van der Waals surface area contributed by atoms with Gasteiger partial charge in [0.25, 0.3) is 0 Å². The maximum Gasteiger partial charge on any atom is 0.101 e. The van der Waals surface area contributed by atoms with Gasteiger partial charge in [0.1, 0.15) is 6.10 Å². The Kier molecular flexibility index (Phi) is 3.19. The summed E-state index contributed by atoms with van der Waals surface area (Å²) in [5.74, 6) is 1.94. The molecule has 1 aliphatic rings. The first-order valence-corrected chi connectivity index (χ1v) is 5.04. The molecule has 2 atom stereocenters. The van der Waals surface area contributed by atoms with Gasteiger partial charge in [-0.1, -0.05) is 20.8 Å². The molecular formula is C11H20O. The lowest BCUT2D eigenvalue weighted by Gasteiger charge is -2.31. The molecule has 0 aliphatic carbocycles. The summed E-state index contributed by atoms with van der Waals surface area (Å²) >= 11 is 0. The second-order valence-corrected chi connectivity index (χ2v) is 3.80. The molecule has 0 aromatic heterocycles. The van der Waals surface area contributed by atoms with Gasteiger partial charge in [-0.05, 0) is 31.3 Å². The van der Waals surface area contributed by atoms with Crippen molar-refractivity contribution in [1.82, 2.24) is 0 Å². The van der Waals surface area contributed by atoms with Gasteiger partial charge in [-0.15, -0.1) is 0 Å². The van der Waals surface area contributed by atoms with Crippen molar-refractivity contribution < 1.29 is 4.74 Å². The maximum absolute atomic E-state index is 5.89. The molecule has 1 aliphatic heterocycles. The summed E-state index contributed by atoms with van der Waals surface area (Å²) < 4.78 is 5.89. The van der Waals surface area contributed by atoms with Crippen LogP contribution in [0.2, 0.25) is 0 Å². The standard InChI is InChI=1S/C11H20O/c1-5-10-8(3)7-9(4)11(6-2)12-10/h8,10H,5-7H2,1-4H3/t8-,10-/m0/s1. The minimum atomic E-state index is 0.462. The molecule has 0 radical (unpaired) electrons. The molecule has 0 aromatic rings. The van der Waals surface area contributed by atoms with Gasteiger partial charge in [-0.3, -0.25) is 0 Å². The summed E-state index contributed by atoms with van der Waals surface area (Å²) in [7, 11) is 0. The maximum atomic E-state index is 5.89. The summed E-state index contributed by atoms with van der Waals surface area (Å²) in [6, 6.07) is 0. The second-order valence-electron chi connectivity index (χ2n) is 3.80. The van der Waals surface area contributed by atoms with Crippen molar-refractivity contribution in [2.75, 3.05) is 0 Å². The lowest BCUT2D eigenvalue weighted by atomic mass is 9.91. The van der Waals surface area contributed by atoms with Crippen LogP contribution < -0.4 is 0 Å². The Labute approximate surface area is 75.8 Å². The van der Waals surface area contributed by atoms with Gasteiger partial charge < -0.3 is 4.74 Å². The van der Waals surface area contributed by atoms with E-state index in [0.29, 0.717) is 12.0 Å². The molecule has 1 heterocycles. The van der Waals surface area contributed by atoms with Crippen LogP contribution in [-0.2, 0) is 4.74 Å². The van der Waals surface area contributed by atoms with Crippen LogP contribution in [0.5, 0.6) is 0 Å².